The van der Waals surface area contributed by atoms with E-state index in [0.717, 1.165) is 5.69 Å². The maximum absolute atomic E-state index is 10.6. The van der Waals surface area contributed by atoms with E-state index in [-0.39, 0.29) is 5.69 Å². The van der Waals surface area contributed by atoms with E-state index in [1.54, 1.807) is 0 Å². The summed E-state index contributed by atoms with van der Waals surface area (Å²) in [4.78, 5) is 12.0. The second-order valence-electron chi connectivity index (χ2n) is 3.13. The molecule has 0 aliphatic carbocycles. The summed E-state index contributed by atoms with van der Waals surface area (Å²) in [6.45, 7) is 0. The van der Waals surface area contributed by atoms with Crippen molar-refractivity contribution in [3.8, 4) is 5.75 Å². The Hall–Kier alpha value is -1.30. The first-order chi connectivity index (χ1) is 6.97. The van der Waals surface area contributed by atoms with Gasteiger partial charge in [0, 0.05) is 20.2 Å². The molecule has 0 bridgehead atoms. The number of nitrogens with zero attached hydrogens (tertiary/aromatic N) is 2. The molecule has 0 fully saturated rings. The van der Waals surface area contributed by atoms with Gasteiger partial charge in [-0.05, 0) is 15.9 Å². The molecular formula is C9H11BrN2O3. The number of ether oxygens (including phenoxy) is 1. The average molecular weight is 275 g/mol. The van der Waals surface area contributed by atoms with Crippen LogP contribution in [0, 0.1) is 10.1 Å². The van der Waals surface area contributed by atoms with E-state index in [4.69, 9.17) is 4.74 Å². The third-order valence-electron chi connectivity index (χ3n) is 1.89. The zero-order valence-corrected chi connectivity index (χ0v) is 10.2. The monoisotopic (exact) mass is 274 g/mol. The van der Waals surface area contributed by atoms with Crippen molar-refractivity contribution >= 4 is 27.3 Å². The number of rotatable bonds is 3. The highest BCUT2D eigenvalue weighted by Gasteiger charge is 2.16. The SMILES string of the molecule is COc1cc([N+](=O)[O-])cc(Br)c1N(C)C. The summed E-state index contributed by atoms with van der Waals surface area (Å²) < 4.78 is 5.74. The van der Waals surface area contributed by atoms with Crippen LogP contribution < -0.4 is 9.64 Å². The van der Waals surface area contributed by atoms with Gasteiger partial charge in [0.1, 0.15) is 5.75 Å². The first-order valence-electron chi connectivity index (χ1n) is 4.16. The Bertz CT molecular complexity index is 393. The smallest absolute Gasteiger partial charge is 0.274 e. The second kappa shape index (κ2) is 4.48. The molecule has 5 nitrogen and oxygen atoms in total. The highest BCUT2D eigenvalue weighted by atomic mass is 79.9. The van der Waals surface area contributed by atoms with E-state index in [9.17, 15) is 10.1 Å². The van der Waals surface area contributed by atoms with E-state index in [1.165, 1.54) is 19.2 Å². The Labute approximate surface area is 95.9 Å². The molecule has 15 heavy (non-hydrogen) atoms. The third kappa shape index (κ3) is 2.38. The predicted octanol–water partition coefficient (Wildman–Crippen LogP) is 2.43. The molecule has 0 unspecified atom stereocenters. The van der Waals surface area contributed by atoms with Crippen molar-refractivity contribution in [1.82, 2.24) is 0 Å². The minimum Gasteiger partial charge on any atom is -0.494 e. The predicted molar refractivity (Wildman–Crippen MR) is 61.7 cm³/mol. The van der Waals surface area contributed by atoms with Gasteiger partial charge in [-0.1, -0.05) is 0 Å². The number of hydrogen-bond donors (Lipinski definition) is 0. The molecule has 0 saturated carbocycles. The zero-order valence-electron chi connectivity index (χ0n) is 8.65. The van der Waals surface area contributed by atoms with E-state index in [1.807, 2.05) is 19.0 Å². The van der Waals surface area contributed by atoms with Gasteiger partial charge < -0.3 is 9.64 Å². The summed E-state index contributed by atoms with van der Waals surface area (Å²) in [6.07, 6.45) is 0. The van der Waals surface area contributed by atoms with Gasteiger partial charge in [0.05, 0.1) is 28.3 Å². The Balaban J connectivity index is 3.37. The lowest BCUT2D eigenvalue weighted by molar-refractivity contribution is -0.385. The number of nitro groups is 1. The lowest BCUT2D eigenvalue weighted by atomic mass is 10.2. The molecule has 0 amide bonds. The third-order valence-corrected chi connectivity index (χ3v) is 2.50. The largest absolute Gasteiger partial charge is 0.494 e. The summed E-state index contributed by atoms with van der Waals surface area (Å²) in [5.41, 5.74) is 0.785. The van der Waals surface area contributed by atoms with Gasteiger partial charge in [-0.25, -0.2) is 0 Å². The number of hydrogen-bond acceptors (Lipinski definition) is 4. The lowest BCUT2D eigenvalue weighted by Crippen LogP contribution is -2.11. The van der Waals surface area contributed by atoms with Crippen molar-refractivity contribution in [2.75, 3.05) is 26.1 Å². The van der Waals surface area contributed by atoms with Gasteiger partial charge in [0.15, 0.2) is 0 Å². The fourth-order valence-corrected chi connectivity index (χ4v) is 2.04. The number of halogens is 1. The van der Waals surface area contributed by atoms with Crippen LogP contribution in [0.5, 0.6) is 5.75 Å². The maximum Gasteiger partial charge on any atom is 0.274 e. The molecule has 1 rings (SSSR count). The number of nitro benzene ring substituents is 1. The van der Waals surface area contributed by atoms with E-state index in [0.29, 0.717) is 10.2 Å². The van der Waals surface area contributed by atoms with Crippen LogP contribution >= 0.6 is 15.9 Å². The molecule has 0 heterocycles. The van der Waals surface area contributed by atoms with Gasteiger partial charge in [-0.2, -0.15) is 0 Å². The van der Waals surface area contributed by atoms with Gasteiger partial charge in [-0.3, -0.25) is 10.1 Å². The molecule has 0 atom stereocenters. The quantitative estimate of drug-likeness (QED) is 0.628. The van der Waals surface area contributed by atoms with Crippen LogP contribution in [0.25, 0.3) is 0 Å². The molecule has 0 aliphatic rings. The minimum atomic E-state index is -0.452. The Kier molecular flexibility index (Phi) is 3.52. The minimum absolute atomic E-state index is 0.00400. The highest BCUT2D eigenvalue weighted by molar-refractivity contribution is 9.10. The molecule has 1 aromatic rings. The molecule has 0 aromatic heterocycles. The maximum atomic E-state index is 10.6. The van der Waals surface area contributed by atoms with Crippen LogP contribution in [-0.4, -0.2) is 26.1 Å². The van der Waals surface area contributed by atoms with Crippen LogP contribution in [0.1, 0.15) is 0 Å². The number of benzene rings is 1. The van der Waals surface area contributed by atoms with Gasteiger partial charge in [0.25, 0.3) is 5.69 Å². The Morgan fingerprint density at radius 1 is 1.47 bits per heavy atom. The fourth-order valence-electron chi connectivity index (χ4n) is 1.26. The molecular weight excluding hydrogens is 264 g/mol. The zero-order chi connectivity index (χ0) is 11.6. The summed E-state index contributed by atoms with van der Waals surface area (Å²) in [6, 6.07) is 2.86. The van der Waals surface area contributed by atoms with E-state index < -0.39 is 4.92 Å². The Morgan fingerprint density at radius 3 is 2.47 bits per heavy atom. The molecule has 0 aliphatic heterocycles. The average Bonchev–Trinajstić information content (AvgIpc) is 2.15. The van der Waals surface area contributed by atoms with Crippen LogP contribution in [0.15, 0.2) is 16.6 Å². The first kappa shape index (κ1) is 11.8. The van der Waals surface area contributed by atoms with Gasteiger partial charge in [0.2, 0.25) is 0 Å². The normalized spacial score (nSPS) is 9.87. The highest BCUT2D eigenvalue weighted by Crippen LogP contribution is 2.38. The van der Waals surface area contributed by atoms with Crippen molar-refractivity contribution in [2.45, 2.75) is 0 Å². The second-order valence-corrected chi connectivity index (χ2v) is 3.98. The Morgan fingerprint density at radius 2 is 2.07 bits per heavy atom. The van der Waals surface area contributed by atoms with E-state index in [2.05, 4.69) is 15.9 Å². The fraction of sp³-hybridized carbons (Fsp3) is 0.333. The van der Waals surface area contributed by atoms with Crippen LogP contribution in [0.2, 0.25) is 0 Å². The van der Waals surface area contributed by atoms with Crippen LogP contribution in [0.3, 0.4) is 0 Å². The summed E-state index contributed by atoms with van der Waals surface area (Å²) in [5, 5.41) is 10.6. The van der Waals surface area contributed by atoms with Crippen molar-refractivity contribution < 1.29 is 9.66 Å². The molecule has 0 spiro atoms. The topological polar surface area (TPSA) is 55.6 Å². The van der Waals surface area contributed by atoms with Crippen molar-refractivity contribution in [1.29, 1.82) is 0 Å². The van der Waals surface area contributed by atoms with Crippen molar-refractivity contribution in [3.63, 3.8) is 0 Å². The van der Waals surface area contributed by atoms with Gasteiger partial charge in [-0.15, -0.1) is 0 Å². The number of non-ortho nitro benzene ring substituents is 1. The van der Waals surface area contributed by atoms with Crippen LogP contribution in [-0.2, 0) is 0 Å². The molecule has 0 radical (unpaired) electrons. The first-order valence-corrected chi connectivity index (χ1v) is 4.96. The summed E-state index contributed by atoms with van der Waals surface area (Å²) in [5.74, 6) is 0.473. The molecule has 0 saturated heterocycles. The molecule has 6 heteroatoms. The standard InChI is InChI=1S/C9H11BrN2O3/c1-11(2)9-7(10)4-6(12(13)14)5-8(9)15-3/h4-5H,1-3H3. The van der Waals surface area contributed by atoms with Gasteiger partial charge >= 0.3 is 0 Å². The summed E-state index contributed by atoms with van der Waals surface area (Å²) in [7, 11) is 5.17. The van der Waals surface area contributed by atoms with E-state index >= 15 is 0 Å². The summed E-state index contributed by atoms with van der Waals surface area (Å²) >= 11 is 3.28. The number of anilines is 1. The molecule has 0 N–H and O–H groups in total. The lowest BCUT2D eigenvalue weighted by Gasteiger charge is -2.17. The van der Waals surface area contributed by atoms with Crippen LogP contribution in [0.4, 0.5) is 11.4 Å². The van der Waals surface area contributed by atoms with Crippen molar-refractivity contribution in [2.24, 2.45) is 0 Å². The molecule has 82 valence electrons. The number of methoxy groups -OCH3 is 1. The molecule has 1 aromatic carbocycles. The van der Waals surface area contributed by atoms with Crippen molar-refractivity contribution in [3.05, 3.63) is 26.7 Å².